The Morgan fingerprint density at radius 2 is 1.58 bits per heavy atom. The summed E-state index contributed by atoms with van der Waals surface area (Å²) in [6.45, 7) is 0.236. The normalized spacial score (nSPS) is 16.6. The summed E-state index contributed by atoms with van der Waals surface area (Å²) in [4.78, 5) is 41.3. The summed E-state index contributed by atoms with van der Waals surface area (Å²) >= 11 is 0. The van der Waals surface area contributed by atoms with Crippen molar-refractivity contribution in [3.8, 4) is 0 Å². The van der Waals surface area contributed by atoms with Crippen LogP contribution < -0.4 is 20.4 Å². The van der Waals surface area contributed by atoms with Crippen molar-refractivity contribution < 1.29 is 14.4 Å². The Bertz CT molecular complexity index is 941. The SMILES string of the molecule is O=C(CN1C(=O)CN(C(=O)NCc2ccccc2)c2ccccc21)NC1CCCCC1. The topological polar surface area (TPSA) is 81.8 Å². The molecular weight excluding hydrogens is 392 g/mol. The number of hydrogen-bond acceptors (Lipinski definition) is 3. The van der Waals surface area contributed by atoms with E-state index >= 15 is 0 Å². The molecule has 0 aromatic heterocycles. The maximum Gasteiger partial charge on any atom is 0.322 e. The van der Waals surface area contributed by atoms with E-state index in [1.807, 2.05) is 42.5 Å². The number of hydrogen-bond donors (Lipinski definition) is 2. The fourth-order valence-electron chi connectivity index (χ4n) is 4.25. The zero-order chi connectivity index (χ0) is 21.6. The molecule has 0 atom stereocenters. The summed E-state index contributed by atoms with van der Waals surface area (Å²) in [5.74, 6) is -0.426. The molecular formula is C24H28N4O3. The number of nitrogens with one attached hydrogen (secondary N) is 2. The average molecular weight is 421 g/mol. The Morgan fingerprint density at radius 1 is 0.903 bits per heavy atom. The van der Waals surface area contributed by atoms with E-state index < -0.39 is 0 Å². The fraction of sp³-hybridized carbons (Fsp3) is 0.375. The number of rotatable bonds is 5. The monoisotopic (exact) mass is 420 g/mol. The molecule has 2 aromatic rings. The van der Waals surface area contributed by atoms with Gasteiger partial charge in [-0.1, -0.05) is 61.7 Å². The van der Waals surface area contributed by atoms with Crippen molar-refractivity contribution in [2.24, 2.45) is 0 Å². The largest absolute Gasteiger partial charge is 0.352 e. The highest BCUT2D eigenvalue weighted by atomic mass is 16.2. The first-order valence-corrected chi connectivity index (χ1v) is 10.9. The summed E-state index contributed by atoms with van der Waals surface area (Å²) in [7, 11) is 0. The van der Waals surface area contributed by atoms with Crippen molar-refractivity contribution in [2.75, 3.05) is 22.9 Å². The molecule has 1 saturated carbocycles. The van der Waals surface area contributed by atoms with Crippen LogP contribution in [-0.2, 0) is 16.1 Å². The van der Waals surface area contributed by atoms with Crippen LogP contribution in [0.25, 0.3) is 0 Å². The molecule has 4 amide bonds. The third-order valence-corrected chi connectivity index (χ3v) is 5.86. The number of benzene rings is 2. The van der Waals surface area contributed by atoms with Crippen molar-refractivity contribution in [3.63, 3.8) is 0 Å². The van der Waals surface area contributed by atoms with Gasteiger partial charge in [-0.15, -0.1) is 0 Å². The van der Waals surface area contributed by atoms with Crippen LogP contribution in [0.4, 0.5) is 16.2 Å². The van der Waals surface area contributed by atoms with Crippen molar-refractivity contribution in [3.05, 3.63) is 60.2 Å². The number of para-hydroxylation sites is 2. The highest BCUT2D eigenvalue weighted by Crippen LogP contribution is 2.33. The van der Waals surface area contributed by atoms with Gasteiger partial charge in [0.1, 0.15) is 13.1 Å². The molecule has 2 aliphatic rings. The lowest BCUT2D eigenvalue weighted by molar-refractivity contribution is -0.124. The molecule has 0 bridgehead atoms. The van der Waals surface area contributed by atoms with Crippen LogP contribution in [0.3, 0.4) is 0 Å². The van der Waals surface area contributed by atoms with E-state index in [9.17, 15) is 14.4 Å². The van der Waals surface area contributed by atoms with Gasteiger partial charge in [-0.05, 0) is 30.5 Å². The van der Waals surface area contributed by atoms with Crippen LogP contribution >= 0.6 is 0 Å². The summed E-state index contributed by atoms with van der Waals surface area (Å²) < 4.78 is 0. The molecule has 1 aliphatic heterocycles. The van der Waals surface area contributed by atoms with Gasteiger partial charge in [-0.25, -0.2) is 4.79 Å². The van der Waals surface area contributed by atoms with Crippen molar-refractivity contribution >= 4 is 29.2 Å². The predicted molar refractivity (Wildman–Crippen MR) is 120 cm³/mol. The number of nitrogens with zero attached hydrogens (tertiary/aromatic N) is 2. The van der Waals surface area contributed by atoms with E-state index in [4.69, 9.17) is 0 Å². The second kappa shape index (κ2) is 9.64. The van der Waals surface area contributed by atoms with Gasteiger partial charge in [0.2, 0.25) is 11.8 Å². The van der Waals surface area contributed by atoms with Crippen LogP contribution in [0.2, 0.25) is 0 Å². The second-order valence-corrected chi connectivity index (χ2v) is 8.10. The molecule has 31 heavy (non-hydrogen) atoms. The maximum atomic E-state index is 12.9. The third kappa shape index (κ3) is 5.05. The number of fused-ring (bicyclic) bond motifs is 1. The summed E-state index contributed by atoms with van der Waals surface area (Å²) in [5.41, 5.74) is 2.18. The first-order chi connectivity index (χ1) is 15.1. The zero-order valence-corrected chi connectivity index (χ0v) is 17.5. The minimum atomic E-state index is -0.337. The van der Waals surface area contributed by atoms with E-state index in [2.05, 4.69) is 10.6 Å². The Kier molecular flexibility index (Phi) is 6.50. The molecule has 2 aromatic carbocycles. The van der Waals surface area contributed by atoms with Gasteiger partial charge in [-0.3, -0.25) is 19.4 Å². The minimum absolute atomic E-state index is 0.0359. The van der Waals surface area contributed by atoms with Gasteiger partial charge in [0, 0.05) is 12.6 Å². The molecule has 7 heteroatoms. The first kappa shape index (κ1) is 20.9. The lowest BCUT2D eigenvalue weighted by Gasteiger charge is -2.36. The standard InChI is InChI=1S/C24H28N4O3/c29-22(26-19-11-5-2-6-12-19)16-27-20-13-7-8-14-21(20)28(17-23(27)30)24(31)25-15-18-9-3-1-4-10-18/h1,3-4,7-10,13-14,19H,2,5-6,11-12,15-17H2,(H,25,31)(H,26,29). The second-order valence-electron chi connectivity index (χ2n) is 8.10. The Labute approximate surface area is 182 Å². The molecule has 0 saturated heterocycles. The van der Waals surface area contributed by atoms with Crippen molar-refractivity contribution in [2.45, 2.75) is 44.7 Å². The molecule has 2 N–H and O–H groups in total. The highest BCUT2D eigenvalue weighted by Gasteiger charge is 2.33. The molecule has 1 fully saturated rings. The van der Waals surface area contributed by atoms with Crippen molar-refractivity contribution in [1.82, 2.24) is 10.6 Å². The molecule has 0 spiro atoms. The minimum Gasteiger partial charge on any atom is -0.352 e. The number of anilines is 2. The van der Waals surface area contributed by atoms with Crippen LogP contribution in [-0.4, -0.2) is 37.0 Å². The number of urea groups is 1. The summed E-state index contributed by atoms with van der Waals surface area (Å²) in [6, 6.07) is 16.7. The van der Waals surface area contributed by atoms with Gasteiger partial charge in [-0.2, -0.15) is 0 Å². The predicted octanol–water partition coefficient (Wildman–Crippen LogP) is 3.20. The molecule has 162 valence electrons. The highest BCUT2D eigenvalue weighted by molar-refractivity contribution is 6.12. The van der Waals surface area contributed by atoms with E-state index in [0.717, 1.165) is 31.2 Å². The van der Waals surface area contributed by atoms with Gasteiger partial charge >= 0.3 is 6.03 Å². The van der Waals surface area contributed by atoms with Gasteiger partial charge in [0.25, 0.3) is 0 Å². The number of amides is 4. The molecule has 1 heterocycles. The molecule has 0 unspecified atom stereocenters. The average Bonchev–Trinajstić information content (AvgIpc) is 2.80. The van der Waals surface area contributed by atoms with Crippen molar-refractivity contribution in [1.29, 1.82) is 0 Å². The first-order valence-electron chi connectivity index (χ1n) is 10.9. The molecule has 7 nitrogen and oxygen atoms in total. The number of carbonyl (C=O) groups is 3. The van der Waals surface area contributed by atoms with Gasteiger partial charge in [0.05, 0.1) is 11.4 Å². The summed E-state index contributed by atoms with van der Waals surface area (Å²) in [6.07, 6.45) is 5.46. The maximum absolute atomic E-state index is 12.9. The van der Waals surface area contributed by atoms with Crippen LogP contribution in [0.5, 0.6) is 0 Å². The number of carbonyl (C=O) groups excluding carboxylic acids is 3. The zero-order valence-electron chi connectivity index (χ0n) is 17.5. The molecule has 0 radical (unpaired) electrons. The van der Waals surface area contributed by atoms with E-state index in [0.29, 0.717) is 17.9 Å². The van der Waals surface area contributed by atoms with Gasteiger partial charge in [0.15, 0.2) is 0 Å². The smallest absolute Gasteiger partial charge is 0.322 e. The lowest BCUT2D eigenvalue weighted by atomic mass is 9.95. The van der Waals surface area contributed by atoms with Gasteiger partial charge < -0.3 is 10.6 Å². The quantitative estimate of drug-likeness (QED) is 0.779. The Balaban J connectivity index is 1.44. The Morgan fingerprint density at radius 3 is 2.32 bits per heavy atom. The lowest BCUT2D eigenvalue weighted by Crippen LogP contribution is -2.53. The van der Waals surface area contributed by atoms with Crippen LogP contribution in [0.15, 0.2) is 54.6 Å². The molecule has 4 rings (SSSR count). The van der Waals surface area contributed by atoms with E-state index in [1.165, 1.54) is 16.2 Å². The van der Waals surface area contributed by atoms with E-state index in [-0.39, 0.29) is 37.0 Å². The Hall–Kier alpha value is -3.35. The third-order valence-electron chi connectivity index (χ3n) is 5.86. The van der Waals surface area contributed by atoms with Crippen LogP contribution in [0, 0.1) is 0 Å². The summed E-state index contributed by atoms with van der Waals surface area (Å²) in [5, 5.41) is 5.94. The molecule has 1 aliphatic carbocycles. The fourth-order valence-corrected chi connectivity index (χ4v) is 4.25. The van der Waals surface area contributed by atoms with Crippen LogP contribution in [0.1, 0.15) is 37.7 Å². The van der Waals surface area contributed by atoms with E-state index in [1.54, 1.807) is 12.1 Å².